The lowest BCUT2D eigenvalue weighted by Gasteiger charge is -2.28. The predicted octanol–water partition coefficient (Wildman–Crippen LogP) is 2.04. The van der Waals surface area contributed by atoms with E-state index in [1.54, 1.807) is 41.3 Å². The lowest BCUT2D eigenvalue weighted by molar-refractivity contribution is -0.125. The Hall–Kier alpha value is -4.41. The molecule has 5 amide bonds. The Morgan fingerprint density at radius 2 is 2.00 bits per heavy atom. The van der Waals surface area contributed by atoms with Crippen molar-refractivity contribution in [1.82, 2.24) is 20.5 Å². The summed E-state index contributed by atoms with van der Waals surface area (Å²) in [5.74, 6) is 0.286. The molecule has 0 spiro atoms. The molecule has 2 N–H and O–H groups in total. The Bertz CT molecular complexity index is 1460. The van der Waals surface area contributed by atoms with Crippen LogP contribution >= 0.6 is 0 Å². The van der Waals surface area contributed by atoms with Crippen LogP contribution in [0.25, 0.3) is 11.1 Å². The molecule has 0 bridgehead atoms. The number of furan rings is 1. The first-order chi connectivity index (χ1) is 17.3. The molecule has 5 heterocycles. The quantitative estimate of drug-likeness (QED) is 0.524. The van der Waals surface area contributed by atoms with Crippen molar-refractivity contribution < 1.29 is 28.3 Å². The Balaban J connectivity index is 1.37. The van der Waals surface area contributed by atoms with E-state index in [0.717, 1.165) is 12.0 Å². The van der Waals surface area contributed by atoms with Gasteiger partial charge in [0, 0.05) is 30.6 Å². The van der Waals surface area contributed by atoms with E-state index in [1.807, 2.05) is 6.92 Å². The summed E-state index contributed by atoms with van der Waals surface area (Å²) in [7, 11) is 1.52. The summed E-state index contributed by atoms with van der Waals surface area (Å²) in [4.78, 5) is 58.6. The minimum Gasteiger partial charge on any atom is -0.497 e. The Morgan fingerprint density at radius 3 is 2.69 bits per heavy atom. The number of carbonyl (C=O) groups excluding carboxylic acids is 4. The van der Waals surface area contributed by atoms with Gasteiger partial charge in [-0.25, -0.2) is 9.78 Å². The maximum Gasteiger partial charge on any atom is 0.322 e. The highest BCUT2D eigenvalue weighted by atomic mass is 16.5. The molecule has 11 heteroatoms. The van der Waals surface area contributed by atoms with Gasteiger partial charge in [0.2, 0.25) is 5.91 Å². The number of hydrogen-bond donors (Lipinski definition) is 2. The van der Waals surface area contributed by atoms with Crippen LogP contribution in [0.2, 0.25) is 0 Å². The van der Waals surface area contributed by atoms with Gasteiger partial charge in [-0.2, -0.15) is 0 Å². The SMILES string of the molecule is COc1ccc2c(c1)C(=O)N(C[C@@]1(c3cc4nc(N5C(=O)CCC5C)ccc4o3)NC(=O)NC1=O)C2. The number of amides is 5. The summed E-state index contributed by atoms with van der Waals surface area (Å²) >= 11 is 0. The molecule has 2 aromatic heterocycles. The molecule has 2 atom stereocenters. The van der Waals surface area contributed by atoms with E-state index in [2.05, 4.69) is 15.6 Å². The third-order valence-electron chi connectivity index (χ3n) is 7.08. The molecule has 0 radical (unpaired) electrons. The van der Waals surface area contributed by atoms with Gasteiger partial charge in [0.15, 0.2) is 11.1 Å². The first kappa shape index (κ1) is 22.1. The number of aromatic nitrogens is 1. The topological polar surface area (TPSA) is 134 Å². The normalized spacial score (nSPS) is 23.4. The third-order valence-corrected chi connectivity index (χ3v) is 7.08. The molecule has 0 saturated carbocycles. The minimum absolute atomic E-state index is 0.000662. The monoisotopic (exact) mass is 489 g/mol. The van der Waals surface area contributed by atoms with Crippen molar-refractivity contribution in [3.8, 4) is 5.75 Å². The van der Waals surface area contributed by atoms with E-state index in [0.29, 0.717) is 34.7 Å². The molecular weight excluding hydrogens is 466 g/mol. The first-order valence-electron chi connectivity index (χ1n) is 11.6. The highest BCUT2D eigenvalue weighted by Gasteiger charge is 2.53. The number of nitrogens with one attached hydrogen (secondary N) is 2. The zero-order valence-corrected chi connectivity index (χ0v) is 19.7. The lowest BCUT2D eigenvalue weighted by Crippen LogP contribution is -2.52. The number of methoxy groups -OCH3 is 1. The number of rotatable bonds is 5. The maximum absolute atomic E-state index is 13.2. The van der Waals surface area contributed by atoms with E-state index in [4.69, 9.17) is 9.15 Å². The number of ether oxygens (including phenoxy) is 1. The van der Waals surface area contributed by atoms with Gasteiger partial charge in [0.05, 0.1) is 13.7 Å². The number of benzene rings is 1. The zero-order valence-electron chi connectivity index (χ0n) is 19.7. The molecule has 3 aromatic rings. The largest absolute Gasteiger partial charge is 0.497 e. The van der Waals surface area contributed by atoms with Gasteiger partial charge in [-0.05, 0) is 43.2 Å². The van der Waals surface area contributed by atoms with Crippen molar-refractivity contribution in [2.75, 3.05) is 18.6 Å². The Labute approximate surface area is 205 Å². The van der Waals surface area contributed by atoms with Crippen LogP contribution in [0, 0.1) is 0 Å². The van der Waals surface area contributed by atoms with Gasteiger partial charge in [-0.15, -0.1) is 0 Å². The number of pyridine rings is 1. The zero-order chi connectivity index (χ0) is 25.2. The molecule has 36 heavy (non-hydrogen) atoms. The summed E-state index contributed by atoms with van der Waals surface area (Å²) in [5, 5.41) is 4.94. The Kier molecular flexibility index (Phi) is 4.79. The summed E-state index contributed by atoms with van der Waals surface area (Å²) in [6.45, 7) is 2.08. The van der Waals surface area contributed by atoms with E-state index >= 15 is 0 Å². The van der Waals surface area contributed by atoms with E-state index in [-0.39, 0.29) is 36.7 Å². The molecular formula is C25H23N5O6. The fraction of sp³-hybridized carbons (Fsp3) is 0.320. The van der Waals surface area contributed by atoms with E-state index in [9.17, 15) is 19.2 Å². The smallest absolute Gasteiger partial charge is 0.322 e. The molecule has 1 aromatic carbocycles. The average molecular weight is 489 g/mol. The average Bonchev–Trinajstić information content (AvgIpc) is 3.59. The van der Waals surface area contributed by atoms with Crippen molar-refractivity contribution in [3.63, 3.8) is 0 Å². The number of nitrogens with zero attached hydrogens (tertiary/aromatic N) is 3. The molecule has 3 aliphatic heterocycles. The second-order valence-electron chi connectivity index (χ2n) is 9.31. The molecule has 1 unspecified atom stereocenters. The van der Waals surface area contributed by atoms with Gasteiger partial charge in [-0.1, -0.05) is 6.07 Å². The first-order valence-corrected chi connectivity index (χ1v) is 11.6. The molecule has 0 aliphatic carbocycles. The van der Waals surface area contributed by atoms with Crippen LogP contribution < -0.4 is 20.3 Å². The van der Waals surface area contributed by atoms with Crippen LogP contribution in [0.4, 0.5) is 10.6 Å². The molecule has 11 nitrogen and oxygen atoms in total. The number of imide groups is 1. The molecule has 184 valence electrons. The van der Waals surface area contributed by atoms with Gasteiger partial charge in [0.25, 0.3) is 11.8 Å². The van der Waals surface area contributed by atoms with Crippen LogP contribution in [0.1, 0.15) is 41.4 Å². The number of hydrogen-bond acceptors (Lipinski definition) is 7. The molecule has 3 aliphatic rings. The molecule has 2 fully saturated rings. The van der Waals surface area contributed by atoms with Crippen LogP contribution in [0.3, 0.4) is 0 Å². The maximum atomic E-state index is 13.2. The summed E-state index contributed by atoms with van der Waals surface area (Å²) < 4.78 is 11.2. The number of fused-ring (bicyclic) bond motifs is 2. The van der Waals surface area contributed by atoms with Crippen LogP contribution in [0.15, 0.2) is 40.8 Å². The number of anilines is 1. The van der Waals surface area contributed by atoms with Crippen LogP contribution in [0.5, 0.6) is 5.75 Å². The van der Waals surface area contributed by atoms with Crippen molar-refractivity contribution >= 4 is 40.7 Å². The lowest BCUT2D eigenvalue weighted by atomic mass is 9.95. The van der Waals surface area contributed by atoms with Crippen LogP contribution in [-0.2, 0) is 21.7 Å². The second-order valence-corrected chi connectivity index (χ2v) is 9.31. The van der Waals surface area contributed by atoms with E-state index in [1.165, 1.54) is 12.0 Å². The predicted molar refractivity (Wildman–Crippen MR) is 126 cm³/mol. The fourth-order valence-corrected chi connectivity index (χ4v) is 5.17. The third kappa shape index (κ3) is 3.23. The van der Waals surface area contributed by atoms with Crippen LogP contribution in [-0.4, -0.2) is 53.3 Å². The minimum atomic E-state index is -1.64. The van der Waals surface area contributed by atoms with Crippen molar-refractivity contribution in [2.45, 2.75) is 37.9 Å². The highest BCUT2D eigenvalue weighted by Crippen LogP contribution is 2.35. The molecule has 2 saturated heterocycles. The van der Waals surface area contributed by atoms with Gasteiger partial charge >= 0.3 is 6.03 Å². The Morgan fingerprint density at radius 1 is 1.17 bits per heavy atom. The summed E-state index contributed by atoms with van der Waals surface area (Å²) in [6.07, 6.45) is 1.22. The van der Waals surface area contributed by atoms with Gasteiger partial charge < -0.3 is 19.4 Å². The van der Waals surface area contributed by atoms with Gasteiger partial charge in [0.1, 0.15) is 22.8 Å². The number of urea groups is 1. The van der Waals surface area contributed by atoms with Crippen molar-refractivity contribution in [3.05, 3.63) is 53.3 Å². The summed E-state index contributed by atoms with van der Waals surface area (Å²) in [6, 6.07) is 9.53. The van der Waals surface area contributed by atoms with Gasteiger partial charge in [-0.3, -0.25) is 24.6 Å². The fourth-order valence-electron chi connectivity index (χ4n) is 5.17. The highest BCUT2D eigenvalue weighted by molar-refractivity contribution is 6.08. The van der Waals surface area contributed by atoms with Crippen molar-refractivity contribution in [1.29, 1.82) is 0 Å². The number of carbonyl (C=O) groups is 4. The second kappa shape index (κ2) is 7.80. The molecule has 6 rings (SSSR count). The van der Waals surface area contributed by atoms with E-state index < -0.39 is 17.5 Å². The standard InChI is InChI=1S/C25H23N5O6/c1-13-3-8-21(31)30(13)20-7-6-18-17(26-20)10-19(36-18)25(23(33)27-24(34)28-25)12-29-11-14-4-5-15(35-2)9-16(14)22(29)32/h4-7,9-10,13H,3,8,11-12H2,1-2H3,(H2,27,28,33,34)/t13?,25-/m0/s1. The summed E-state index contributed by atoms with van der Waals surface area (Å²) in [5.41, 5.74) is 0.456. The van der Waals surface area contributed by atoms with Crippen molar-refractivity contribution in [2.24, 2.45) is 0 Å².